The number of carbonyl (C=O) groups excluding carboxylic acids is 3. The number of nitrogens with one attached hydrogen (secondary N) is 2. The van der Waals surface area contributed by atoms with Gasteiger partial charge in [-0.15, -0.1) is 0 Å². The highest BCUT2D eigenvalue weighted by Gasteiger charge is 2.28. The number of hydrogen-bond acceptors (Lipinski definition) is 11. The minimum Gasteiger partial charge on any atom is -0.423 e. The second kappa shape index (κ2) is 13.2. The molecule has 2 rings (SSSR count). The normalized spacial score (nSPS) is 10.3. The number of amides is 3. The number of nitrogens with zero attached hydrogens (tertiary/aromatic N) is 3. The molecule has 2 aromatic rings. The summed E-state index contributed by atoms with van der Waals surface area (Å²) in [5.41, 5.74) is -2.60. The van der Waals surface area contributed by atoms with Gasteiger partial charge in [-0.25, -0.2) is 0 Å². The van der Waals surface area contributed by atoms with Crippen molar-refractivity contribution in [1.29, 1.82) is 0 Å². The lowest BCUT2D eigenvalue weighted by molar-refractivity contribution is -0.383. The van der Waals surface area contributed by atoms with Gasteiger partial charge >= 0.3 is 14.2 Å². The molecule has 0 bridgehead atoms. The lowest BCUT2D eigenvalue weighted by Crippen LogP contribution is -2.45. The molecule has 0 heterocycles. The van der Waals surface area contributed by atoms with Gasteiger partial charge in [-0.2, -0.15) is 0 Å². The van der Waals surface area contributed by atoms with Crippen molar-refractivity contribution >= 4 is 54.3 Å². The Balaban J connectivity index is 2.23. The first-order valence-electron chi connectivity index (χ1n) is 11.0. The summed E-state index contributed by atoms with van der Waals surface area (Å²) in [7, 11) is -4.46. The Morgan fingerprint density at radius 1 is 0.868 bits per heavy atom. The Kier molecular flexibility index (Phi) is 10.4. The van der Waals surface area contributed by atoms with Gasteiger partial charge in [0.25, 0.3) is 23.2 Å². The van der Waals surface area contributed by atoms with E-state index < -0.39 is 70.7 Å². The fraction of sp³-hybridized carbons (Fsp3) is 0.250. The SMILES string of the molecule is CCNC(=O)CN(CCNC(=O)c1ccc([N+](=O)[O-])c(B(O)O)c1)C(=O)c1ccc([N+](=O)[O-])c(B(O)O)c1. The number of hydrogen-bond donors (Lipinski definition) is 6. The average molecular weight is 531 g/mol. The molecule has 18 heteroatoms. The minimum absolute atomic E-state index is 0.141. The maximum Gasteiger partial charge on any atom is 0.495 e. The molecule has 0 atom stereocenters. The van der Waals surface area contributed by atoms with E-state index in [2.05, 4.69) is 10.6 Å². The fourth-order valence-corrected chi connectivity index (χ4v) is 3.40. The summed E-state index contributed by atoms with van der Waals surface area (Å²) in [4.78, 5) is 59.2. The molecule has 0 unspecified atom stereocenters. The molecule has 200 valence electrons. The number of carbonyl (C=O) groups is 3. The van der Waals surface area contributed by atoms with Crippen LogP contribution in [0.15, 0.2) is 36.4 Å². The molecule has 0 aliphatic rings. The van der Waals surface area contributed by atoms with Gasteiger partial charge in [0.15, 0.2) is 0 Å². The molecule has 38 heavy (non-hydrogen) atoms. The molecule has 0 saturated carbocycles. The maximum absolute atomic E-state index is 13.1. The third-order valence-electron chi connectivity index (χ3n) is 5.18. The monoisotopic (exact) mass is 531 g/mol. The maximum atomic E-state index is 13.1. The smallest absolute Gasteiger partial charge is 0.423 e. The highest BCUT2D eigenvalue weighted by molar-refractivity contribution is 6.60. The number of nitro benzene ring substituents is 2. The molecule has 0 aromatic heterocycles. The minimum atomic E-state index is -2.25. The van der Waals surface area contributed by atoms with Crippen molar-refractivity contribution in [1.82, 2.24) is 15.5 Å². The first kappa shape index (κ1) is 29.8. The summed E-state index contributed by atoms with van der Waals surface area (Å²) >= 11 is 0. The number of benzene rings is 2. The van der Waals surface area contributed by atoms with Crippen LogP contribution in [0.25, 0.3) is 0 Å². The van der Waals surface area contributed by atoms with Gasteiger partial charge < -0.3 is 35.6 Å². The molecule has 0 aliphatic heterocycles. The first-order chi connectivity index (χ1) is 17.9. The summed E-state index contributed by atoms with van der Waals surface area (Å²) in [6, 6.07) is 5.84. The Labute approximate surface area is 215 Å². The van der Waals surface area contributed by atoms with E-state index in [1.54, 1.807) is 6.92 Å². The topological polar surface area (TPSA) is 246 Å². The summed E-state index contributed by atoms with van der Waals surface area (Å²) in [6.45, 7) is 0.986. The van der Waals surface area contributed by atoms with Gasteiger partial charge in [-0.3, -0.25) is 34.6 Å². The standard InChI is InChI=1S/C20H23B2N5O11/c1-2-23-18(28)11-25(20(30)13-4-6-17(27(37)38)15(10-13)22(33)34)8-7-24-19(29)12-3-5-16(26(35)36)14(9-12)21(31)32/h3-6,9-10,31-34H,2,7-8,11H2,1H3,(H,23,28)(H,24,29). The molecular weight excluding hydrogens is 508 g/mol. The summed E-state index contributed by atoms with van der Waals surface area (Å²) in [5, 5.41) is 64.8. The molecule has 0 fully saturated rings. The summed E-state index contributed by atoms with van der Waals surface area (Å²) in [6.07, 6.45) is 0. The van der Waals surface area contributed by atoms with Crippen LogP contribution in [0.2, 0.25) is 0 Å². The quantitative estimate of drug-likeness (QED) is 0.0908. The number of nitro groups is 2. The molecule has 6 N–H and O–H groups in total. The molecule has 3 amide bonds. The van der Waals surface area contributed by atoms with E-state index in [0.29, 0.717) is 0 Å². The first-order valence-corrected chi connectivity index (χ1v) is 11.0. The summed E-state index contributed by atoms with van der Waals surface area (Å²) in [5.74, 6) is -2.12. The predicted molar refractivity (Wildman–Crippen MR) is 133 cm³/mol. The number of likely N-dealkylation sites (N-methyl/N-ethyl adjacent to an activating group) is 1. The van der Waals surface area contributed by atoms with E-state index in [9.17, 15) is 54.7 Å². The van der Waals surface area contributed by atoms with Crippen LogP contribution in [0.4, 0.5) is 11.4 Å². The Hall–Kier alpha value is -4.38. The molecule has 16 nitrogen and oxygen atoms in total. The van der Waals surface area contributed by atoms with Crippen molar-refractivity contribution in [2.45, 2.75) is 6.92 Å². The third kappa shape index (κ3) is 7.56. The van der Waals surface area contributed by atoms with Crippen LogP contribution in [0, 0.1) is 20.2 Å². The zero-order valence-electron chi connectivity index (χ0n) is 19.9. The second-order valence-electron chi connectivity index (χ2n) is 7.74. The highest BCUT2D eigenvalue weighted by Crippen LogP contribution is 2.13. The predicted octanol–water partition coefficient (Wildman–Crippen LogP) is -3.13. The molecule has 0 saturated heterocycles. The van der Waals surface area contributed by atoms with Gasteiger partial charge in [-0.1, -0.05) is 0 Å². The van der Waals surface area contributed by atoms with E-state index in [1.165, 1.54) is 0 Å². The van der Waals surface area contributed by atoms with Gasteiger partial charge in [0.05, 0.1) is 27.3 Å². The van der Waals surface area contributed by atoms with Crippen LogP contribution in [0.1, 0.15) is 27.6 Å². The van der Waals surface area contributed by atoms with Crippen molar-refractivity contribution in [3.05, 3.63) is 67.8 Å². The zero-order valence-corrected chi connectivity index (χ0v) is 19.9. The van der Waals surface area contributed by atoms with Crippen molar-refractivity contribution in [3.63, 3.8) is 0 Å². The van der Waals surface area contributed by atoms with Crippen LogP contribution < -0.4 is 21.6 Å². The van der Waals surface area contributed by atoms with Crippen molar-refractivity contribution < 1.29 is 44.3 Å². The average Bonchev–Trinajstić information content (AvgIpc) is 2.86. The van der Waals surface area contributed by atoms with Crippen molar-refractivity contribution in [2.24, 2.45) is 0 Å². The molecule has 0 radical (unpaired) electrons. The molecule has 0 spiro atoms. The van der Waals surface area contributed by atoms with Gasteiger partial charge in [0, 0.05) is 42.9 Å². The molecular formula is C20H23B2N5O11. The van der Waals surface area contributed by atoms with E-state index in [1.807, 2.05) is 0 Å². The van der Waals surface area contributed by atoms with Crippen LogP contribution in [0.5, 0.6) is 0 Å². The van der Waals surface area contributed by atoms with Crippen LogP contribution >= 0.6 is 0 Å². The van der Waals surface area contributed by atoms with Crippen LogP contribution in [-0.4, -0.2) is 93.0 Å². The molecule has 2 aromatic carbocycles. The van der Waals surface area contributed by atoms with E-state index in [0.717, 1.165) is 41.3 Å². The fourth-order valence-electron chi connectivity index (χ4n) is 3.40. The zero-order chi connectivity index (χ0) is 28.6. The van der Waals surface area contributed by atoms with E-state index in [4.69, 9.17) is 0 Å². The Morgan fingerprint density at radius 2 is 1.37 bits per heavy atom. The lowest BCUT2D eigenvalue weighted by Gasteiger charge is -2.23. The summed E-state index contributed by atoms with van der Waals surface area (Å²) < 4.78 is 0. The van der Waals surface area contributed by atoms with Crippen molar-refractivity contribution in [2.75, 3.05) is 26.2 Å². The van der Waals surface area contributed by atoms with Crippen LogP contribution in [0.3, 0.4) is 0 Å². The van der Waals surface area contributed by atoms with E-state index >= 15 is 0 Å². The Morgan fingerprint density at radius 3 is 1.84 bits per heavy atom. The number of rotatable bonds is 12. The van der Waals surface area contributed by atoms with E-state index in [-0.39, 0.29) is 30.8 Å². The van der Waals surface area contributed by atoms with Crippen LogP contribution in [-0.2, 0) is 4.79 Å². The van der Waals surface area contributed by atoms with Gasteiger partial charge in [-0.05, 0) is 31.2 Å². The largest absolute Gasteiger partial charge is 0.495 e. The lowest BCUT2D eigenvalue weighted by atomic mass is 9.78. The second-order valence-corrected chi connectivity index (χ2v) is 7.74. The Bertz CT molecular complexity index is 1240. The third-order valence-corrected chi connectivity index (χ3v) is 5.18. The van der Waals surface area contributed by atoms with Crippen molar-refractivity contribution in [3.8, 4) is 0 Å². The van der Waals surface area contributed by atoms with Gasteiger partial charge in [0.2, 0.25) is 5.91 Å². The molecule has 0 aliphatic carbocycles. The highest BCUT2D eigenvalue weighted by atomic mass is 16.6. The van der Waals surface area contributed by atoms with Gasteiger partial charge in [0.1, 0.15) is 0 Å².